The molecule has 0 aromatic heterocycles. The van der Waals surface area contributed by atoms with Gasteiger partial charge in [0.15, 0.2) is 0 Å². The Labute approximate surface area is 422 Å². The molecule has 0 aromatic rings. The van der Waals surface area contributed by atoms with Crippen molar-refractivity contribution in [3.05, 3.63) is 85.1 Å². The van der Waals surface area contributed by atoms with E-state index in [9.17, 15) is 19.0 Å². The number of carbonyl (C=O) groups is 2. The molecule has 0 bridgehead atoms. The number of phosphoric ester groups is 1. The normalized spacial score (nSPS) is 14.3. The predicted octanol–water partition coefficient (Wildman–Crippen LogP) is 16.7. The third kappa shape index (κ3) is 52.8. The van der Waals surface area contributed by atoms with Gasteiger partial charge < -0.3 is 25.2 Å². The molecule has 0 aliphatic heterocycles. The molecule has 10 nitrogen and oxygen atoms in total. The fourth-order valence-electron chi connectivity index (χ4n) is 7.43. The summed E-state index contributed by atoms with van der Waals surface area (Å²) in [4.78, 5) is 33.8. The zero-order valence-electron chi connectivity index (χ0n) is 43.9. The van der Waals surface area contributed by atoms with E-state index in [-0.39, 0.29) is 13.0 Å². The fraction of sp³-hybridized carbons (Fsp3) is 0.724. The molecule has 0 amide bonds. The summed E-state index contributed by atoms with van der Waals surface area (Å²) in [7, 11) is -4.64. The summed E-state index contributed by atoms with van der Waals surface area (Å²) in [5.41, 5.74) is 5.38. The number of ether oxygens (including phenoxy) is 2. The van der Waals surface area contributed by atoms with Gasteiger partial charge in [0, 0.05) is 13.0 Å². The number of allylic oxidation sites excluding steroid dienone is 14. The molecule has 0 aromatic carbocycles. The van der Waals surface area contributed by atoms with E-state index >= 15 is 0 Å². The lowest BCUT2D eigenvalue weighted by Gasteiger charge is -2.20. The van der Waals surface area contributed by atoms with Gasteiger partial charge >= 0.3 is 19.8 Å². The number of carbonyl (C=O) groups excluding carboxylic acids is 1. The smallest absolute Gasteiger partial charge is 0.472 e. The van der Waals surface area contributed by atoms with Crippen molar-refractivity contribution in [1.29, 1.82) is 0 Å². The third-order valence-electron chi connectivity index (χ3n) is 11.7. The van der Waals surface area contributed by atoms with Crippen LogP contribution in [0.25, 0.3) is 0 Å². The number of unbranched alkanes of at least 4 members (excludes halogenated alkanes) is 24. The Morgan fingerprint density at radius 3 is 1.28 bits per heavy atom. The van der Waals surface area contributed by atoms with E-state index in [0.29, 0.717) is 13.0 Å². The Hall–Kier alpha value is -2.85. The fourth-order valence-corrected chi connectivity index (χ4v) is 8.20. The molecule has 3 atom stereocenters. The highest BCUT2D eigenvalue weighted by Gasteiger charge is 2.27. The van der Waals surface area contributed by atoms with Crippen LogP contribution in [0.4, 0.5) is 0 Å². The zero-order valence-corrected chi connectivity index (χ0v) is 44.8. The summed E-state index contributed by atoms with van der Waals surface area (Å²) in [5, 5.41) is 8.95. The third-order valence-corrected chi connectivity index (χ3v) is 12.6. The average Bonchev–Trinajstić information content (AvgIpc) is 3.33. The molecule has 398 valence electrons. The second kappa shape index (κ2) is 53.0. The summed E-state index contributed by atoms with van der Waals surface area (Å²) in [6.07, 6.45) is 69.3. The standard InChI is InChI=1S/C58H102NO9P/c1-3-5-7-9-11-13-15-17-19-21-23-25-27-29-31-33-35-37-39-41-43-45-47-49-51-65-52-55(53-66-69(63,64)67-54-56(59)58(61)62)68-57(60)50-48-46-44-42-40-38-36-34-32-30-28-26-24-22-20-18-16-14-12-10-8-6-4-2/h6,8,12,14,18,20-21,23-24,26,30,32,36,38,55-56H,3-5,7,9-11,13,15-17,19,22,25,27-29,31,33-35,37,39-54,59H2,1-2H3,(H,61,62)(H,63,64)/b8-6-,14-12-,20-18-,23-21-,26-24-,32-30-,38-36-. The quantitative estimate of drug-likeness (QED) is 0.0232. The second-order valence-corrected chi connectivity index (χ2v) is 19.8. The molecule has 0 saturated carbocycles. The van der Waals surface area contributed by atoms with Crippen LogP contribution >= 0.6 is 7.82 Å². The monoisotopic (exact) mass is 988 g/mol. The van der Waals surface area contributed by atoms with Crippen molar-refractivity contribution in [2.75, 3.05) is 26.4 Å². The molecule has 0 saturated heterocycles. The first-order valence-corrected chi connectivity index (χ1v) is 29.1. The number of phosphoric acid groups is 1. The lowest BCUT2D eigenvalue weighted by atomic mass is 10.0. The molecule has 0 fully saturated rings. The highest BCUT2D eigenvalue weighted by Crippen LogP contribution is 2.43. The Morgan fingerprint density at radius 1 is 0.478 bits per heavy atom. The molecule has 0 heterocycles. The second-order valence-electron chi connectivity index (χ2n) is 18.3. The molecule has 0 aliphatic rings. The topological polar surface area (TPSA) is 155 Å². The number of nitrogens with two attached hydrogens (primary N) is 1. The van der Waals surface area contributed by atoms with Crippen LogP contribution in [-0.4, -0.2) is 60.5 Å². The maximum Gasteiger partial charge on any atom is 0.472 e. The van der Waals surface area contributed by atoms with Crippen molar-refractivity contribution >= 4 is 19.8 Å². The van der Waals surface area contributed by atoms with Gasteiger partial charge in [-0.25, -0.2) is 4.57 Å². The average molecular weight is 988 g/mol. The van der Waals surface area contributed by atoms with E-state index in [0.717, 1.165) is 83.5 Å². The van der Waals surface area contributed by atoms with Gasteiger partial charge in [-0.3, -0.25) is 18.6 Å². The van der Waals surface area contributed by atoms with Crippen molar-refractivity contribution in [2.45, 2.75) is 244 Å². The minimum Gasteiger partial charge on any atom is -0.480 e. The summed E-state index contributed by atoms with van der Waals surface area (Å²) >= 11 is 0. The Balaban J connectivity index is 4.16. The Kier molecular flexibility index (Phi) is 50.8. The van der Waals surface area contributed by atoms with E-state index in [1.54, 1.807) is 0 Å². The first kappa shape index (κ1) is 66.2. The van der Waals surface area contributed by atoms with Crippen molar-refractivity contribution in [3.63, 3.8) is 0 Å². The van der Waals surface area contributed by atoms with Crippen LogP contribution in [0.15, 0.2) is 85.1 Å². The van der Waals surface area contributed by atoms with Gasteiger partial charge in [0.25, 0.3) is 0 Å². The van der Waals surface area contributed by atoms with Gasteiger partial charge in [-0.1, -0.05) is 221 Å². The molecular formula is C58H102NO9P. The number of hydrogen-bond donors (Lipinski definition) is 3. The van der Waals surface area contributed by atoms with E-state index in [2.05, 4.69) is 98.9 Å². The van der Waals surface area contributed by atoms with Crippen molar-refractivity contribution < 1.29 is 42.7 Å². The molecular weight excluding hydrogens is 886 g/mol. The van der Waals surface area contributed by atoms with Gasteiger partial charge in [0.2, 0.25) is 0 Å². The lowest BCUT2D eigenvalue weighted by molar-refractivity contribution is -0.154. The Morgan fingerprint density at radius 2 is 0.841 bits per heavy atom. The number of rotatable bonds is 52. The molecule has 3 unspecified atom stereocenters. The molecule has 69 heavy (non-hydrogen) atoms. The van der Waals surface area contributed by atoms with Gasteiger partial charge in [-0.15, -0.1) is 0 Å². The van der Waals surface area contributed by atoms with Crippen LogP contribution in [0.1, 0.15) is 232 Å². The number of carboxylic acids is 1. The van der Waals surface area contributed by atoms with E-state index in [1.807, 2.05) is 0 Å². The zero-order chi connectivity index (χ0) is 50.4. The summed E-state index contributed by atoms with van der Waals surface area (Å²) in [6.45, 7) is 3.75. The number of esters is 1. The molecule has 0 spiro atoms. The number of hydrogen-bond acceptors (Lipinski definition) is 8. The van der Waals surface area contributed by atoms with Crippen LogP contribution in [0.3, 0.4) is 0 Å². The van der Waals surface area contributed by atoms with Crippen LogP contribution in [0.5, 0.6) is 0 Å². The maximum atomic E-state index is 12.7. The van der Waals surface area contributed by atoms with Crippen LogP contribution < -0.4 is 5.73 Å². The minimum absolute atomic E-state index is 0.00238. The van der Waals surface area contributed by atoms with Gasteiger partial charge in [0.05, 0.1) is 19.8 Å². The molecule has 4 N–H and O–H groups in total. The van der Waals surface area contributed by atoms with E-state index < -0.39 is 45.1 Å². The van der Waals surface area contributed by atoms with Crippen LogP contribution in [0.2, 0.25) is 0 Å². The van der Waals surface area contributed by atoms with E-state index in [4.69, 9.17) is 29.4 Å². The minimum atomic E-state index is -4.64. The van der Waals surface area contributed by atoms with Gasteiger partial charge in [0.1, 0.15) is 12.1 Å². The molecule has 0 aliphatic carbocycles. The molecule has 0 radical (unpaired) electrons. The number of aliphatic carboxylic acids is 1. The largest absolute Gasteiger partial charge is 0.480 e. The first-order chi connectivity index (χ1) is 33.7. The van der Waals surface area contributed by atoms with Crippen LogP contribution in [0, 0.1) is 0 Å². The van der Waals surface area contributed by atoms with E-state index in [1.165, 1.54) is 122 Å². The maximum absolute atomic E-state index is 12.7. The Bertz CT molecular complexity index is 1420. The molecule has 11 heteroatoms. The first-order valence-electron chi connectivity index (χ1n) is 27.6. The molecule has 0 rings (SSSR count). The van der Waals surface area contributed by atoms with Crippen molar-refractivity contribution in [1.82, 2.24) is 0 Å². The lowest BCUT2D eigenvalue weighted by Crippen LogP contribution is -2.34. The summed E-state index contributed by atoms with van der Waals surface area (Å²) in [6, 6.07) is -1.48. The highest BCUT2D eigenvalue weighted by atomic mass is 31.2. The SMILES string of the molecule is CC/C=C\C/C=C\C/C=C\C/C=C\C/C=C\C/C=C\CCCCCCC(=O)OC(COCCCCCCCCCCCCCC/C=C\CCCCCCCCCC)COP(=O)(O)OCC(N)C(=O)O. The number of carboxylic acid groups (broad SMARTS) is 1. The highest BCUT2D eigenvalue weighted by molar-refractivity contribution is 7.47. The van der Waals surface area contributed by atoms with Gasteiger partial charge in [-0.05, 0) is 89.9 Å². The van der Waals surface area contributed by atoms with Crippen LogP contribution in [-0.2, 0) is 32.7 Å². The summed E-state index contributed by atoms with van der Waals surface area (Å²) in [5.74, 6) is -1.80. The van der Waals surface area contributed by atoms with Gasteiger partial charge in [-0.2, -0.15) is 0 Å². The van der Waals surface area contributed by atoms with Crippen molar-refractivity contribution in [2.24, 2.45) is 5.73 Å². The predicted molar refractivity (Wildman–Crippen MR) is 290 cm³/mol. The van der Waals surface area contributed by atoms with Crippen molar-refractivity contribution in [3.8, 4) is 0 Å². The summed E-state index contributed by atoms with van der Waals surface area (Å²) < 4.78 is 33.6.